The molecule has 17 heavy (non-hydrogen) atoms. The van der Waals surface area contributed by atoms with Crippen LogP contribution in [0.25, 0.3) is 0 Å². The van der Waals surface area contributed by atoms with Crippen LogP contribution >= 0.6 is 15.9 Å². The van der Waals surface area contributed by atoms with Gasteiger partial charge in [-0.3, -0.25) is 0 Å². The first-order chi connectivity index (χ1) is 7.64. The summed E-state index contributed by atoms with van der Waals surface area (Å²) < 4.78 is 0.621. The fraction of sp³-hybridized carbons (Fsp3) is 0.571. The zero-order valence-corrected chi connectivity index (χ0v) is 12.7. The quantitative estimate of drug-likeness (QED) is 0.797. The maximum Gasteiger partial charge on any atom is 0.134 e. The second kappa shape index (κ2) is 4.89. The van der Waals surface area contributed by atoms with E-state index in [0.717, 1.165) is 17.5 Å². The molecule has 0 spiro atoms. The van der Waals surface area contributed by atoms with E-state index in [2.05, 4.69) is 29.8 Å². The summed E-state index contributed by atoms with van der Waals surface area (Å²) >= 11 is 3.39. The van der Waals surface area contributed by atoms with Crippen LogP contribution in [-0.2, 0) is 11.8 Å². The second-order valence-corrected chi connectivity index (χ2v) is 6.73. The molecule has 2 N–H and O–H groups in total. The van der Waals surface area contributed by atoms with Gasteiger partial charge in [0.25, 0.3) is 0 Å². The summed E-state index contributed by atoms with van der Waals surface area (Å²) in [6.07, 6.45) is 0.740. The third kappa shape index (κ3) is 3.15. The predicted octanol–water partition coefficient (Wildman–Crippen LogP) is 4.36. The van der Waals surface area contributed by atoms with Gasteiger partial charge in [0, 0.05) is 11.1 Å². The van der Waals surface area contributed by atoms with Crippen LogP contribution in [0.2, 0.25) is 0 Å². The van der Waals surface area contributed by atoms with Crippen LogP contribution in [-0.4, -0.2) is 10.2 Å². The Morgan fingerprint density at radius 3 is 2.18 bits per heavy atom. The molecule has 0 aromatic heterocycles. The van der Waals surface area contributed by atoms with Crippen LogP contribution in [0.3, 0.4) is 0 Å². The molecule has 0 aliphatic heterocycles. The van der Waals surface area contributed by atoms with Gasteiger partial charge in [-0.15, -0.1) is 0 Å². The lowest BCUT2D eigenvalue weighted by atomic mass is 9.85. The average Bonchev–Trinajstić information content (AvgIpc) is 2.16. The van der Waals surface area contributed by atoms with Crippen LogP contribution in [0.5, 0.6) is 11.5 Å². The lowest BCUT2D eigenvalue weighted by Crippen LogP contribution is -2.12. The number of benzene rings is 1. The highest BCUT2D eigenvalue weighted by atomic mass is 79.9. The molecule has 0 saturated carbocycles. The van der Waals surface area contributed by atoms with Crippen LogP contribution in [0.15, 0.2) is 10.5 Å². The van der Waals surface area contributed by atoms with Crippen molar-refractivity contribution in [2.24, 2.45) is 5.92 Å². The summed E-state index contributed by atoms with van der Waals surface area (Å²) in [7, 11) is 0. The van der Waals surface area contributed by atoms with Crippen LogP contribution < -0.4 is 0 Å². The van der Waals surface area contributed by atoms with Gasteiger partial charge >= 0.3 is 0 Å². The van der Waals surface area contributed by atoms with Crippen molar-refractivity contribution in [3.8, 4) is 11.5 Å². The van der Waals surface area contributed by atoms with E-state index in [4.69, 9.17) is 0 Å². The first-order valence-corrected chi connectivity index (χ1v) is 6.67. The van der Waals surface area contributed by atoms with E-state index < -0.39 is 0 Å². The van der Waals surface area contributed by atoms with Gasteiger partial charge in [0.1, 0.15) is 11.5 Å². The van der Waals surface area contributed by atoms with E-state index in [9.17, 15) is 10.2 Å². The molecule has 0 atom stereocenters. The number of halogens is 1. The Labute approximate surface area is 112 Å². The van der Waals surface area contributed by atoms with Crippen molar-refractivity contribution < 1.29 is 10.2 Å². The van der Waals surface area contributed by atoms with Crippen molar-refractivity contribution in [2.45, 2.75) is 46.5 Å². The Balaban J connectivity index is 3.37. The van der Waals surface area contributed by atoms with Crippen molar-refractivity contribution in [2.75, 3.05) is 0 Å². The van der Waals surface area contributed by atoms with E-state index in [-0.39, 0.29) is 16.9 Å². The number of phenols is 2. The van der Waals surface area contributed by atoms with Crippen molar-refractivity contribution in [3.05, 3.63) is 21.7 Å². The van der Waals surface area contributed by atoms with E-state index >= 15 is 0 Å². The molecular formula is C14H21BrO2. The third-order valence-corrected chi connectivity index (χ3v) is 3.59. The van der Waals surface area contributed by atoms with E-state index in [1.54, 1.807) is 6.07 Å². The number of rotatable bonds is 2. The van der Waals surface area contributed by atoms with E-state index in [1.165, 1.54) is 0 Å². The number of hydrogen-bond donors (Lipinski definition) is 2. The number of hydrogen-bond acceptors (Lipinski definition) is 2. The fourth-order valence-electron chi connectivity index (χ4n) is 1.84. The van der Waals surface area contributed by atoms with Crippen LogP contribution in [0.4, 0.5) is 0 Å². The Morgan fingerprint density at radius 2 is 1.76 bits per heavy atom. The highest BCUT2D eigenvalue weighted by Gasteiger charge is 2.24. The predicted molar refractivity (Wildman–Crippen MR) is 74.7 cm³/mol. The summed E-state index contributed by atoms with van der Waals surface area (Å²) in [5.41, 5.74) is 1.35. The zero-order chi connectivity index (χ0) is 13.4. The lowest BCUT2D eigenvalue weighted by Gasteiger charge is -2.23. The molecule has 2 nitrogen and oxygen atoms in total. The topological polar surface area (TPSA) is 40.5 Å². The SMILES string of the molecule is CC(C)Cc1c(O)cc(C(C)(C)C)c(O)c1Br. The minimum Gasteiger partial charge on any atom is -0.508 e. The number of phenolic OH excluding ortho intramolecular Hbond substituents is 2. The van der Waals surface area contributed by atoms with Crippen molar-refractivity contribution >= 4 is 15.9 Å². The van der Waals surface area contributed by atoms with E-state index in [1.807, 2.05) is 20.8 Å². The minimum absolute atomic E-state index is 0.194. The molecule has 0 aliphatic carbocycles. The summed E-state index contributed by atoms with van der Waals surface area (Å²) in [5.74, 6) is 0.927. The summed E-state index contributed by atoms with van der Waals surface area (Å²) in [5, 5.41) is 20.3. The van der Waals surface area contributed by atoms with Gasteiger partial charge in [-0.1, -0.05) is 34.6 Å². The third-order valence-electron chi connectivity index (χ3n) is 2.74. The fourth-order valence-corrected chi connectivity index (χ4v) is 2.42. The largest absolute Gasteiger partial charge is 0.508 e. The van der Waals surface area contributed by atoms with Crippen molar-refractivity contribution in [3.63, 3.8) is 0 Å². The summed E-state index contributed by atoms with van der Waals surface area (Å²) in [4.78, 5) is 0. The van der Waals surface area contributed by atoms with Gasteiger partial charge in [-0.25, -0.2) is 0 Å². The molecule has 96 valence electrons. The van der Waals surface area contributed by atoms with Crippen LogP contribution in [0.1, 0.15) is 45.7 Å². The molecule has 0 saturated heterocycles. The molecular weight excluding hydrogens is 280 g/mol. The van der Waals surface area contributed by atoms with E-state index in [0.29, 0.717) is 10.4 Å². The standard InChI is InChI=1S/C14H21BrO2/c1-8(2)6-9-11(16)7-10(14(3,4)5)13(17)12(9)15/h7-8,16-17H,6H2,1-5H3. The average molecular weight is 301 g/mol. The Morgan fingerprint density at radius 1 is 1.24 bits per heavy atom. The summed E-state index contributed by atoms with van der Waals surface area (Å²) in [6.45, 7) is 10.2. The molecule has 1 rings (SSSR count). The molecule has 1 aromatic carbocycles. The smallest absolute Gasteiger partial charge is 0.134 e. The van der Waals surface area contributed by atoms with Crippen molar-refractivity contribution in [1.82, 2.24) is 0 Å². The summed E-state index contributed by atoms with van der Waals surface area (Å²) in [6, 6.07) is 1.68. The van der Waals surface area contributed by atoms with Crippen molar-refractivity contribution in [1.29, 1.82) is 0 Å². The van der Waals surface area contributed by atoms with Gasteiger partial charge in [0.2, 0.25) is 0 Å². The first kappa shape index (κ1) is 14.4. The second-order valence-electron chi connectivity index (χ2n) is 5.93. The van der Waals surface area contributed by atoms with Gasteiger partial charge in [-0.05, 0) is 39.8 Å². The van der Waals surface area contributed by atoms with Gasteiger partial charge in [0.15, 0.2) is 0 Å². The monoisotopic (exact) mass is 300 g/mol. The number of aromatic hydroxyl groups is 2. The normalized spacial score (nSPS) is 12.2. The lowest BCUT2D eigenvalue weighted by molar-refractivity contribution is 0.425. The molecule has 1 aromatic rings. The zero-order valence-electron chi connectivity index (χ0n) is 11.1. The molecule has 3 heteroatoms. The molecule has 0 radical (unpaired) electrons. The molecule has 0 bridgehead atoms. The Bertz CT molecular complexity index is 417. The molecule has 0 aliphatic rings. The van der Waals surface area contributed by atoms with Gasteiger partial charge in [-0.2, -0.15) is 0 Å². The first-order valence-electron chi connectivity index (χ1n) is 5.88. The molecule has 0 amide bonds. The minimum atomic E-state index is -0.194. The van der Waals surface area contributed by atoms with Gasteiger partial charge in [0.05, 0.1) is 4.47 Å². The maximum absolute atomic E-state index is 10.2. The molecule has 0 heterocycles. The van der Waals surface area contributed by atoms with Gasteiger partial charge < -0.3 is 10.2 Å². The molecule has 0 fully saturated rings. The Hall–Kier alpha value is -0.700. The van der Waals surface area contributed by atoms with Crippen LogP contribution in [0, 0.1) is 5.92 Å². The molecule has 0 unspecified atom stereocenters. The highest BCUT2D eigenvalue weighted by molar-refractivity contribution is 9.10. The Kier molecular flexibility index (Phi) is 4.13. The highest BCUT2D eigenvalue weighted by Crippen LogP contribution is 2.43. The maximum atomic E-state index is 10.2.